The van der Waals surface area contributed by atoms with Gasteiger partial charge in [0.2, 0.25) is 5.91 Å². The summed E-state index contributed by atoms with van der Waals surface area (Å²) < 4.78 is 0. The van der Waals surface area contributed by atoms with Crippen molar-refractivity contribution in [3.05, 3.63) is 0 Å². The van der Waals surface area contributed by atoms with Crippen LogP contribution in [0, 0.1) is 0 Å². The number of hydrogen-bond acceptors (Lipinski definition) is 3. The van der Waals surface area contributed by atoms with E-state index in [1.54, 1.807) is 11.8 Å². The summed E-state index contributed by atoms with van der Waals surface area (Å²) in [5.41, 5.74) is 5.61. The van der Waals surface area contributed by atoms with Crippen molar-refractivity contribution in [2.45, 2.75) is 50.3 Å². The molecule has 1 aliphatic rings. The fourth-order valence-corrected chi connectivity index (χ4v) is 3.17. The molecule has 1 saturated heterocycles. The number of carbonyl (C=O) groups excluding carboxylic acids is 1. The van der Waals surface area contributed by atoms with E-state index in [2.05, 4.69) is 12.2 Å². The second-order valence-electron chi connectivity index (χ2n) is 4.11. The van der Waals surface area contributed by atoms with Crippen LogP contribution >= 0.6 is 24.0 Å². The Morgan fingerprint density at radius 2 is 2.38 bits per heavy atom. The lowest BCUT2D eigenvalue weighted by atomic mass is 10.1. The largest absolute Gasteiger partial charge is 0.392 e. The van der Waals surface area contributed by atoms with Gasteiger partial charge in [-0.05, 0) is 25.0 Å². The first-order valence-corrected chi connectivity index (χ1v) is 7.32. The Kier molecular flexibility index (Phi) is 6.13. The molecule has 92 valence electrons. The van der Waals surface area contributed by atoms with Gasteiger partial charge in [0.1, 0.15) is 0 Å². The van der Waals surface area contributed by atoms with Gasteiger partial charge in [0, 0.05) is 0 Å². The van der Waals surface area contributed by atoms with Crippen LogP contribution in [0.3, 0.4) is 0 Å². The summed E-state index contributed by atoms with van der Waals surface area (Å²) in [6, 6.07) is -0.130. The average Bonchev–Trinajstić information content (AvgIpc) is 2.29. The number of amides is 1. The van der Waals surface area contributed by atoms with Crippen molar-refractivity contribution in [1.82, 2.24) is 5.32 Å². The quantitative estimate of drug-likeness (QED) is 0.741. The number of thioether (sulfide) groups is 1. The topological polar surface area (TPSA) is 55.1 Å². The molecule has 1 amide bonds. The normalized spacial score (nSPS) is 22.4. The van der Waals surface area contributed by atoms with Gasteiger partial charge >= 0.3 is 0 Å². The third-order valence-corrected chi connectivity index (χ3v) is 4.37. The molecule has 2 unspecified atom stereocenters. The molecule has 5 heteroatoms. The third kappa shape index (κ3) is 4.29. The zero-order chi connectivity index (χ0) is 12.0. The summed E-state index contributed by atoms with van der Waals surface area (Å²) in [5, 5.41) is 3.06. The van der Waals surface area contributed by atoms with Crippen molar-refractivity contribution in [2.75, 3.05) is 5.75 Å². The Hall–Kier alpha value is -0.290. The first-order valence-electron chi connectivity index (χ1n) is 5.86. The lowest BCUT2D eigenvalue weighted by molar-refractivity contribution is -0.121. The summed E-state index contributed by atoms with van der Waals surface area (Å²) >= 11 is 6.71. The minimum atomic E-state index is -0.130. The smallest absolute Gasteiger partial charge is 0.233 e. The van der Waals surface area contributed by atoms with Crippen LogP contribution in [0.2, 0.25) is 0 Å². The van der Waals surface area contributed by atoms with Crippen LogP contribution in [-0.4, -0.2) is 27.9 Å². The van der Waals surface area contributed by atoms with E-state index in [9.17, 15) is 4.79 Å². The number of nitrogens with one attached hydrogen (secondary N) is 1. The molecular weight excluding hydrogens is 240 g/mol. The zero-order valence-electron chi connectivity index (χ0n) is 9.70. The Labute approximate surface area is 107 Å². The van der Waals surface area contributed by atoms with Crippen molar-refractivity contribution in [2.24, 2.45) is 5.73 Å². The van der Waals surface area contributed by atoms with Gasteiger partial charge in [0.15, 0.2) is 0 Å². The van der Waals surface area contributed by atoms with Gasteiger partial charge in [-0.2, -0.15) is 0 Å². The molecule has 1 aliphatic heterocycles. The van der Waals surface area contributed by atoms with Gasteiger partial charge in [-0.1, -0.05) is 32.0 Å². The van der Waals surface area contributed by atoms with E-state index >= 15 is 0 Å². The first kappa shape index (κ1) is 13.8. The molecule has 2 atom stereocenters. The molecule has 16 heavy (non-hydrogen) atoms. The van der Waals surface area contributed by atoms with E-state index in [1.165, 1.54) is 6.42 Å². The minimum Gasteiger partial charge on any atom is -0.392 e. The highest BCUT2D eigenvalue weighted by atomic mass is 32.2. The first-order chi connectivity index (χ1) is 7.65. The summed E-state index contributed by atoms with van der Waals surface area (Å²) in [5.74, 6) is 1.19. The maximum Gasteiger partial charge on any atom is 0.233 e. The Morgan fingerprint density at radius 1 is 1.62 bits per heavy atom. The number of rotatable bonds is 5. The Morgan fingerprint density at radius 3 is 2.88 bits per heavy atom. The monoisotopic (exact) mass is 260 g/mol. The average molecular weight is 260 g/mol. The lowest BCUT2D eigenvalue weighted by Crippen LogP contribution is -2.47. The van der Waals surface area contributed by atoms with Crippen molar-refractivity contribution >= 4 is 34.9 Å². The van der Waals surface area contributed by atoms with Crippen LogP contribution in [0.4, 0.5) is 0 Å². The van der Waals surface area contributed by atoms with Crippen LogP contribution in [0.5, 0.6) is 0 Å². The summed E-state index contributed by atoms with van der Waals surface area (Å²) in [6.45, 7) is 2.06. The SMILES string of the molecule is CCCC(NC(=O)C1CCCCS1)C(N)=S. The molecule has 1 heterocycles. The molecule has 1 fully saturated rings. The van der Waals surface area contributed by atoms with Gasteiger partial charge in [-0.25, -0.2) is 0 Å². The highest BCUT2D eigenvalue weighted by Gasteiger charge is 2.24. The predicted octanol–water partition coefficient (Wildman–Crippen LogP) is 1.84. The molecule has 0 aromatic carbocycles. The molecule has 0 radical (unpaired) electrons. The van der Waals surface area contributed by atoms with Gasteiger partial charge in [-0.3, -0.25) is 4.79 Å². The Bertz CT molecular complexity index is 252. The van der Waals surface area contributed by atoms with Gasteiger partial charge in [0.25, 0.3) is 0 Å². The number of thiocarbonyl (C=S) groups is 1. The van der Waals surface area contributed by atoms with E-state index in [-0.39, 0.29) is 17.2 Å². The fourth-order valence-electron chi connectivity index (χ4n) is 1.79. The van der Waals surface area contributed by atoms with E-state index in [1.807, 2.05) is 0 Å². The van der Waals surface area contributed by atoms with Crippen molar-refractivity contribution < 1.29 is 4.79 Å². The van der Waals surface area contributed by atoms with Crippen LogP contribution < -0.4 is 11.1 Å². The second kappa shape index (κ2) is 7.12. The number of nitrogens with two attached hydrogens (primary N) is 1. The molecule has 0 aromatic heterocycles. The van der Waals surface area contributed by atoms with Crippen LogP contribution in [0.25, 0.3) is 0 Å². The van der Waals surface area contributed by atoms with Crippen molar-refractivity contribution in [1.29, 1.82) is 0 Å². The highest BCUT2D eigenvalue weighted by Crippen LogP contribution is 2.25. The predicted molar refractivity (Wildman–Crippen MR) is 73.7 cm³/mol. The molecule has 0 spiro atoms. The molecule has 3 nitrogen and oxygen atoms in total. The second-order valence-corrected chi connectivity index (χ2v) is 5.89. The van der Waals surface area contributed by atoms with Crippen LogP contribution in [0.15, 0.2) is 0 Å². The highest BCUT2D eigenvalue weighted by molar-refractivity contribution is 8.00. The number of hydrogen-bond donors (Lipinski definition) is 2. The summed E-state index contributed by atoms with van der Waals surface area (Å²) in [4.78, 5) is 12.3. The maximum atomic E-state index is 11.9. The van der Waals surface area contributed by atoms with E-state index in [0.717, 1.165) is 31.4 Å². The lowest BCUT2D eigenvalue weighted by Gasteiger charge is -2.24. The molecule has 3 N–H and O–H groups in total. The summed E-state index contributed by atoms with van der Waals surface area (Å²) in [7, 11) is 0. The van der Waals surface area contributed by atoms with Gasteiger partial charge in [0.05, 0.1) is 16.3 Å². The van der Waals surface area contributed by atoms with Gasteiger partial charge < -0.3 is 11.1 Å². The van der Waals surface area contributed by atoms with E-state index in [4.69, 9.17) is 18.0 Å². The molecule has 0 bridgehead atoms. The minimum absolute atomic E-state index is 0.0995. The molecule has 0 aromatic rings. The fraction of sp³-hybridized carbons (Fsp3) is 0.818. The van der Waals surface area contributed by atoms with E-state index < -0.39 is 0 Å². The molecule has 0 saturated carbocycles. The van der Waals surface area contributed by atoms with Crippen LogP contribution in [-0.2, 0) is 4.79 Å². The zero-order valence-corrected chi connectivity index (χ0v) is 11.3. The van der Waals surface area contributed by atoms with Crippen molar-refractivity contribution in [3.63, 3.8) is 0 Å². The standard InChI is InChI=1S/C11H20N2OS2/c1-2-5-8(10(12)15)13-11(14)9-6-3-4-7-16-9/h8-9H,2-7H2,1H3,(H2,12,15)(H,13,14). The molecule has 1 rings (SSSR count). The number of carbonyl (C=O) groups is 1. The van der Waals surface area contributed by atoms with Crippen molar-refractivity contribution in [3.8, 4) is 0 Å². The molecule has 0 aliphatic carbocycles. The Balaban J connectivity index is 2.43. The third-order valence-electron chi connectivity index (χ3n) is 2.71. The van der Waals surface area contributed by atoms with Gasteiger partial charge in [-0.15, -0.1) is 11.8 Å². The van der Waals surface area contributed by atoms with Crippen LogP contribution in [0.1, 0.15) is 39.0 Å². The molecular formula is C11H20N2OS2. The maximum absolute atomic E-state index is 11.9. The van der Waals surface area contributed by atoms with E-state index in [0.29, 0.717) is 4.99 Å². The summed E-state index contributed by atoms with van der Waals surface area (Å²) in [6.07, 6.45) is 5.16.